The molecular weight excluding hydrogens is 451 g/mol. The molecule has 0 radical (unpaired) electrons. The molecule has 9 nitrogen and oxygen atoms in total. The van der Waals surface area contributed by atoms with Crippen LogP contribution >= 0.6 is 0 Å². The van der Waals surface area contributed by atoms with Crippen molar-refractivity contribution in [2.24, 2.45) is 5.92 Å². The molecule has 0 fully saturated rings. The van der Waals surface area contributed by atoms with Crippen LogP contribution in [-0.2, 0) is 41.4 Å². The van der Waals surface area contributed by atoms with E-state index in [1.165, 1.54) is 7.11 Å². The van der Waals surface area contributed by atoms with E-state index < -0.39 is 37.2 Å². The van der Waals surface area contributed by atoms with Gasteiger partial charge in [-0.2, -0.15) is 0 Å². The summed E-state index contributed by atoms with van der Waals surface area (Å²) in [6.07, 6.45) is -0.522. The lowest BCUT2D eigenvalue weighted by atomic mass is 9.78. The molecule has 0 bridgehead atoms. The molecule has 2 N–H and O–H groups in total. The highest BCUT2D eigenvalue weighted by Crippen LogP contribution is 2.09. The zero-order valence-electron chi connectivity index (χ0n) is 20.8. The molecule has 0 aliphatic heterocycles. The van der Waals surface area contributed by atoms with Crippen molar-refractivity contribution in [2.45, 2.75) is 39.0 Å². The number of benzene rings is 2. The van der Waals surface area contributed by atoms with Crippen LogP contribution in [0.2, 0.25) is 0 Å². The van der Waals surface area contributed by atoms with Crippen molar-refractivity contribution in [3.8, 4) is 0 Å². The van der Waals surface area contributed by atoms with Gasteiger partial charge in [-0.3, -0.25) is 4.79 Å². The molecule has 2 aromatic rings. The topological polar surface area (TPSA) is 112 Å². The molecule has 0 aliphatic rings. The van der Waals surface area contributed by atoms with Gasteiger partial charge in [0.1, 0.15) is 18.7 Å². The summed E-state index contributed by atoms with van der Waals surface area (Å²) in [6.45, 7) is 3.65. The van der Waals surface area contributed by atoms with Gasteiger partial charge in [0.15, 0.2) is 0 Å². The number of hydrogen-bond donors (Lipinski definition) is 2. The molecule has 0 unspecified atom stereocenters. The average Bonchev–Trinajstić information content (AvgIpc) is 2.87. The number of ether oxygens (including phenoxy) is 2. The summed E-state index contributed by atoms with van der Waals surface area (Å²) in [5.74, 6) is -1.36. The van der Waals surface area contributed by atoms with Crippen LogP contribution in [0.3, 0.4) is 0 Å². The third-order valence-electron chi connectivity index (χ3n) is 5.36. The summed E-state index contributed by atoms with van der Waals surface area (Å²) < 4.78 is 20.6. The van der Waals surface area contributed by atoms with Gasteiger partial charge in [-0.05, 0) is 22.5 Å². The Bertz CT molecular complexity index is 950. The van der Waals surface area contributed by atoms with Gasteiger partial charge in [-0.25, -0.2) is 9.59 Å². The number of amides is 2. The highest BCUT2D eigenvalue weighted by molar-refractivity contribution is 6.61. The first kappa shape index (κ1) is 27.9. The molecule has 0 aromatic heterocycles. The van der Waals surface area contributed by atoms with Crippen LogP contribution in [-0.4, -0.2) is 58.5 Å². The van der Waals surface area contributed by atoms with Crippen LogP contribution in [0.15, 0.2) is 54.6 Å². The predicted octanol–water partition coefficient (Wildman–Crippen LogP) is 1.83. The van der Waals surface area contributed by atoms with E-state index in [1.807, 2.05) is 54.6 Å². The van der Waals surface area contributed by atoms with Gasteiger partial charge < -0.3 is 29.4 Å². The number of esters is 1. The zero-order chi connectivity index (χ0) is 25.8. The van der Waals surface area contributed by atoms with Crippen LogP contribution in [0.4, 0.5) is 4.79 Å². The lowest BCUT2D eigenvalue weighted by Gasteiger charge is -2.24. The second kappa shape index (κ2) is 14.1. The molecule has 2 amide bonds. The maximum absolute atomic E-state index is 13.0. The minimum absolute atomic E-state index is 0.0763. The molecule has 10 heteroatoms. The third kappa shape index (κ3) is 8.73. The van der Waals surface area contributed by atoms with Crippen molar-refractivity contribution in [1.29, 1.82) is 0 Å². The lowest BCUT2D eigenvalue weighted by molar-refractivity contribution is -0.145. The minimum atomic E-state index is -0.942. The molecule has 0 heterocycles. The number of hydrogen-bond acceptors (Lipinski definition) is 7. The van der Waals surface area contributed by atoms with Crippen LogP contribution < -0.4 is 16.1 Å². The molecule has 0 spiro atoms. The normalized spacial score (nSPS) is 12.4. The predicted molar refractivity (Wildman–Crippen MR) is 132 cm³/mol. The third-order valence-corrected chi connectivity index (χ3v) is 5.36. The van der Waals surface area contributed by atoms with Crippen molar-refractivity contribution in [1.82, 2.24) is 10.6 Å². The van der Waals surface area contributed by atoms with Gasteiger partial charge in [0, 0.05) is 20.6 Å². The monoisotopic (exact) mass is 484 g/mol. The maximum Gasteiger partial charge on any atom is 0.493 e. The first-order chi connectivity index (χ1) is 16.8. The maximum atomic E-state index is 13.0. The molecule has 35 heavy (non-hydrogen) atoms. The standard InChI is InChI=1S/C25H33BN2O7/c1-17(2)22(28-25(31)35-16-19-9-7-6-8-10-19)23(29)27-21(24(30)32-3)15-18-11-13-20(14-12-18)26(33-4)34-5/h6-14,17,21-22H,15-16H2,1-5H3,(H,27,29)(H,28,31)/t21-,22-/m1/s1. The fourth-order valence-electron chi connectivity index (χ4n) is 3.44. The van der Waals surface area contributed by atoms with E-state index in [2.05, 4.69) is 10.6 Å². The quantitative estimate of drug-likeness (QED) is 0.349. The summed E-state index contributed by atoms with van der Waals surface area (Å²) in [5, 5.41) is 5.30. The fourth-order valence-corrected chi connectivity index (χ4v) is 3.44. The number of rotatable bonds is 12. The van der Waals surface area contributed by atoms with Crippen molar-refractivity contribution >= 4 is 30.6 Å². The van der Waals surface area contributed by atoms with E-state index in [0.29, 0.717) is 0 Å². The zero-order valence-corrected chi connectivity index (χ0v) is 20.8. The van der Waals surface area contributed by atoms with Crippen LogP contribution in [0.5, 0.6) is 0 Å². The fraction of sp³-hybridized carbons (Fsp3) is 0.400. The number of methoxy groups -OCH3 is 1. The average molecular weight is 484 g/mol. The van der Waals surface area contributed by atoms with Crippen LogP contribution in [0, 0.1) is 5.92 Å². The van der Waals surface area contributed by atoms with Crippen LogP contribution in [0.1, 0.15) is 25.0 Å². The molecule has 2 rings (SSSR count). The van der Waals surface area contributed by atoms with E-state index in [0.717, 1.165) is 16.6 Å². The summed E-state index contributed by atoms with van der Waals surface area (Å²) >= 11 is 0. The Labute approximate surface area is 206 Å². The van der Waals surface area contributed by atoms with Crippen LogP contribution in [0.25, 0.3) is 0 Å². The molecule has 0 aliphatic carbocycles. The largest absolute Gasteiger partial charge is 0.493 e. The van der Waals surface area contributed by atoms with Crippen molar-refractivity contribution in [3.63, 3.8) is 0 Å². The molecular formula is C25H33BN2O7. The van der Waals surface area contributed by atoms with Crippen molar-refractivity contribution in [3.05, 3.63) is 65.7 Å². The first-order valence-corrected chi connectivity index (χ1v) is 11.3. The van der Waals surface area contributed by atoms with E-state index in [1.54, 1.807) is 28.1 Å². The number of nitrogens with one attached hydrogen (secondary N) is 2. The van der Waals surface area contributed by atoms with E-state index in [9.17, 15) is 14.4 Å². The Morgan fingerprint density at radius 3 is 2.03 bits per heavy atom. The molecule has 0 saturated carbocycles. The first-order valence-electron chi connectivity index (χ1n) is 11.3. The Kier molecular flexibility index (Phi) is 11.3. The SMILES string of the molecule is COB(OC)c1ccc(C[C@@H](NC(=O)[C@H](NC(=O)OCc2ccccc2)C(C)C)C(=O)OC)cc1. The molecule has 2 aromatic carbocycles. The molecule has 2 atom stereocenters. The summed E-state index contributed by atoms with van der Waals surface area (Å²) in [6, 6.07) is 14.7. The minimum Gasteiger partial charge on any atom is -0.467 e. The number of carbonyl (C=O) groups excluding carboxylic acids is 3. The van der Waals surface area contributed by atoms with Gasteiger partial charge in [0.05, 0.1) is 7.11 Å². The summed E-state index contributed by atoms with van der Waals surface area (Å²) in [7, 11) is 3.84. The van der Waals surface area contributed by atoms with Crippen molar-refractivity contribution in [2.75, 3.05) is 21.3 Å². The molecule has 0 saturated heterocycles. The van der Waals surface area contributed by atoms with E-state index in [-0.39, 0.29) is 18.9 Å². The van der Waals surface area contributed by atoms with Gasteiger partial charge in [-0.1, -0.05) is 68.4 Å². The number of carbonyl (C=O) groups is 3. The number of alkyl carbamates (subject to hydrolysis) is 1. The van der Waals surface area contributed by atoms with Crippen molar-refractivity contribution < 1.29 is 33.2 Å². The summed E-state index contributed by atoms with van der Waals surface area (Å²) in [5.41, 5.74) is 2.44. The second-order valence-electron chi connectivity index (χ2n) is 8.26. The van der Waals surface area contributed by atoms with Gasteiger partial charge in [0.25, 0.3) is 0 Å². The van der Waals surface area contributed by atoms with E-state index in [4.69, 9.17) is 18.8 Å². The Balaban J connectivity index is 2.03. The Hall–Kier alpha value is -3.37. The highest BCUT2D eigenvalue weighted by atomic mass is 16.6. The van der Waals surface area contributed by atoms with Gasteiger partial charge >= 0.3 is 19.2 Å². The lowest BCUT2D eigenvalue weighted by Crippen LogP contribution is -2.54. The summed E-state index contributed by atoms with van der Waals surface area (Å²) in [4.78, 5) is 37.7. The molecule has 188 valence electrons. The highest BCUT2D eigenvalue weighted by Gasteiger charge is 2.30. The smallest absolute Gasteiger partial charge is 0.467 e. The Morgan fingerprint density at radius 2 is 1.49 bits per heavy atom. The Morgan fingerprint density at radius 1 is 0.857 bits per heavy atom. The van der Waals surface area contributed by atoms with Gasteiger partial charge in [0.2, 0.25) is 5.91 Å². The van der Waals surface area contributed by atoms with Gasteiger partial charge in [-0.15, -0.1) is 0 Å². The van der Waals surface area contributed by atoms with E-state index >= 15 is 0 Å². The second-order valence-corrected chi connectivity index (χ2v) is 8.26.